The van der Waals surface area contributed by atoms with Gasteiger partial charge in [0.15, 0.2) is 0 Å². The number of hydrogen-bond acceptors (Lipinski definition) is 4. The molecule has 2 heterocycles. The predicted molar refractivity (Wildman–Crippen MR) is 109 cm³/mol. The number of aromatic nitrogens is 1. The number of fused-ring (bicyclic) bond motifs is 1. The Morgan fingerprint density at radius 2 is 1.86 bits per heavy atom. The summed E-state index contributed by atoms with van der Waals surface area (Å²) in [7, 11) is 3.05. The van der Waals surface area contributed by atoms with E-state index in [-0.39, 0.29) is 16.6 Å². The van der Waals surface area contributed by atoms with E-state index in [4.69, 9.17) is 9.47 Å². The number of nitrogens with one attached hydrogen (secondary N) is 1. The summed E-state index contributed by atoms with van der Waals surface area (Å²) in [5, 5.41) is 0.530. The van der Waals surface area contributed by atoms with Crippen LogP contribution in [0.4, 0.5) is 4.39 Å². The van der Waals surface area contributed by atoms with Crippen molar-refractivity contribution in [3.8, 4) is 11.5 Å². The highest BCUT2D eigenvalue weighted by Gasteiger charge is 2.39. The van der Waals surface area contributed by atoms with Gasteiger partial charge in [-0.2, -0.15) is 0 Å². The topological polar surface area (TPSA) is 71.6 Å². The number of halogens is 2. The van der Waals surface area contributed by atoms with Gasteiger partial charge in [-0.15, -0.1) is 0 Å². The lowest BCUT2D eigenvalue weighted by Crippen LogP contribution is -2.30. The molecule has 1 aliphatic rings. The molecule has 8 heteroatoms. The normalized spacial score (nSPS) is 14.3. The van der Waals surface area contributed by atoms with Gasteiger partial charge in [-0.25, -0.2) is 4.39 Å². The summed E-state index contributed by atoms with van der Waals surface area (Å²) < 4.78 is 24.4. The standard InChI is InChI=1S/C21H16BrFN2O4/c1-28-13-5-3-11(17(8-13)29-2)10-25-20(26)18(19(22)21(25)27)15-9-24-16-6-4-12(23)7-14(15)16/h3-9,24H,10H2,1-2H3. The van der Waals surface area contributed by atoms with Crippen molar-refractivity contribution >= 4 is 44.2 Å². The lowest BCUT2D eigenvalue weighted by molar-refractivity contribution is -0.137. The first-order valence-electron chi connectivity index (χ1n) is 8.68. The van der Waals surface area contributed by atoms with Crippen LogP contribution in [0.1, 0.15) is 11.1 Å². The fraction of sp³-hybridized carbons (Fsp3) is 0.143. The number of carbonyl (C=O) groups is 2. The van der Waals surface area contributed by atoms with Crippen molar-refractivity contribution in [2.24, 2.45) is 0 Å². The Morgan fingerprint density at radius 3 is 2.59 bits per heavy atom. The Kier molecular flexibility index (Phi) is 4.87. The van der Waals surface area contributed by atoms with E-state index in [9.17, 15) is 14.0 Å². The van der Waals surface area contributed by atoms with Crippen LogP contribution in [0.25, 0.3) is 16.5 Å². The number of amides is 2. The molecule has 2 aromatic carbocycles. The first kappa shape index (κ1) is 19.2. The molecule has 148 valence electrons. The number of hydrogen-bond donors (Lipinski definition) is 1. The average Bonchev–Trinajstić information content (AvgIpc) is 3.22. The molecule has 2 amide bonds. The summed E-state index contributed by atoms with van der Waals surface area (Å²) in [5.74, 6) is -0.251. The zero-order valence-electron chi connectivity index (χ0n) is 15.6. The molecule has 0 spiro atoms. The maximum Gasteiger partial charge on any atom is 0.268 e. The van der Waals surface area contributed by atoms with Crippen LogP contribution < -0.4 is 9.47 Å². The van der Waals surface area contributed by atoms with Gasteiger partial charge in [0.2, 0.25) is 0 Å². The number of aromatic amines is 1. The molecule has 1 aromatic heterocycles. The molecule has 1 N–H and O–H groups in total. The Morgan fingerprint density at radius 1 is 1.07 bits per heavy atom. The van der Waals surface area contributed by atoms with Crippen molar-refractivity contribution < 1.29 is 23.5 Å². The molecule has 0 aliphatic carbocycles. The zero-order valence-corrected chi connectivity index (χ0v) is 17.2. The van der Waals surface area contributed by atoms with Gasteiger partial charge in [0.05, 0.1) is 30.8 Å². The first-order chi connectivity index (χ1) is 13.9. The second-order valence-corrected chi connectivity index (χ2v) is 7.25. The van der Waals surface area contributed by atoms with E-state index >= 15 is 0 Å². The summed E-state index contributed by atoms with van der Waals surface area (Å²) in [6.07, 6.45) is 1.60. The third-order valence-electron chi connectivity index (χ3n) is 4.85. The highest BCUT2D eigenvalue weighted by molar-refractivity contribution is 9.12. The summed E-state index contributed by atoms with van der Waals surface area (Å²) in [6.45, 7) is 0.0279. The zero-order chi connectivity index (χ0) is 20.7. The Balaban J connectivity index is 1.71. The van der Waals surface area contributed by atoms with Gasteiger partial charge in [-0.3, -0.25) is 14.5 Å². The van der Waals surface area contributed by atoms with E-state index < -0.39 is 17.6 Å². The van der Waals surface area contributed by atoms with Crippen molar-refractivity contribution in [3.05, 3.63) is 64.0 Å². The summed E-state index contributed by atoms with van der Waals surface area (Å²) >= 11 is 3.26. The van der Waals surface area contributed by atoms with Crippen molar-refractivity contribution in [1.82, 2.24) is 9.88 Å². The van der Waals surface area contributed by atoms with Gasteiger partial charge in [0.25, 0.3) is 11.8 Å². The van der Waals surface area contributed by atoms with Crippen molar-refractivity contribution in [3.63, 3.8) is 0 Å². The minimum absolute atomic E-state index is 0.0279. The number of benzene rings is 2. The minimum Gasteiger partial charge on any atom is -0.497 e. The average molecular weight is 459 g/mol. The molecule has 0 saturated heterocycles. The largest absolute Gasteiger partial charge is 0.497 e. The molecule has 6 nitrogen and oxygen atoms in total. The van der Waals surface area contributed by atoms with E-state index in [2.05, 4.69) is 20.9 Å². The van der Waals surface area contributed by atoms with Gasteiger partial charge in [-0.1, -0.05) is 0 Å². The maximum absolute atomic E-state index is 13.7. The summed E-state index contributed by atoms with van der Waals surface area (Å²) in [4.78, 5) is 30.1. The molecule has 0 radical (unpaired) electrons. The van der Waals surface area contributed by atoms with Gasteiger partial charge >= 0.3 is 0 Å². The van der Waals surface area contributed by atoms with E-state index in [1.807, 2.05) is 0 Å². The van der Waals surface area contributed by atoms with Crippen LogP contribution in [0.2, 0.25) is 0 Å². The van der Waals surface area contributed by atoms with Gasteiger partial charge in [0, 0.05) is 34.3 Å². The molecule has 3 aromatic rings. The molecule has 0 unspecified atom stereocenters. The van der Waals surface area contributed by atoms with E-state index in [1.54, 1.807) is 37.6 Å². The molecule has 29 heavy (non-hydrogen) atoms. The highest BCUT2D eigenvalue weighted by atomic mass is 79.9. The van der Waals surface area contributed by atoms with Crippen molar-refractivity contribution in [2.45, 2.75) is 6.54 Å². The molecule has 1 aliphatic heterocycles. The maximum atomic E-state index is 13.7. The third-order valence-corrected chi connectivity index (χ3v) is 5.58. The fourth-order valence-electron chi connectivity index (χ4n) is 3.38. The van der Waals surface area contributed by atoms with Crippen LogP contribution in [0, 0.1) is 5.82 Å². The Hall–Kier alpha value is -3.13. The van der Waals surface area contributed by atoms with Crippen molar-refractivity contribution in [2.75, 3.05) is 14.2 Å². The first-order valence-corrected chi connectivity index (χ1v) is 9.47. The van der Waals surface area contributed by atoms with E-state index in [0.717, 1.165) is 4.90 Å². The lowest BCUT2D eigenvalue weighted by atomic mass is 10.1. The lowest BCUT2D eigenvalue weighted by Gasteiger charge is -2.17. The van der Waals surface area contributed by atoms with Gasteiger partial charge in [0.1, 0.15) is 17.3 Å². The van der Waals surface area contributed by atoms with Crippen LogP contribution in [0.3, 0.4) is 0 Å². The van der Waals surface area contributed by atoms with Crippen molar-refractivity contribution in [1.29, 1.82) is 0 Å². The van der Waals surface area contributed by atoms with Gasteiger partial charge in [-0.05, 0) is 46.3 Å². The predicted octanol–water partition coefficient (Wildman–Crippen LogP) is 4.00. The van der Waals surface area contributed by atoms with Crippen LogP contribution in [-0.4, -0.2) is 35.9 Å². The third kappa shape index (κ3) is 3.19. The minimum atomic E-state index is -0.468. The van der Waals surface area contributed by atoms with E-state index in [0.29, 0.717) is 33.5 Å². The van der Waals surface area contributed by atoms with Gasteiger partial charge < -0.3 is 14.5 Å². The molecular formula is C21H16BrFN2O4. The highest BCUT2D eigenvalue weighted by Crippen LogP contribution is 2.38. The second kappa shape index (κ2) is 7.36. The number of rotatable bonds is 5. The van der Waals surface area contributed by atoms with Crippen LogP contribution in [-0.2, 0) is 16.1 Å². The SMILES string of the molecule is COc1ccc(CN2C(=O)C(Br)=C(c3c[nH]c4ccc(F)cc34)C2=O)c(OC)c1. The molecule has 0 fully saturated rings. The molecule has 0 bridgehead atoms. The number of imide groups is 1. The second-order valence-electron chi connectivity index (χ2n) is 6.46. The molecule has 4 rings (SSSR count). The monoisotopic (exact) mass is 458 g/mol. The summed E-state index contributed by atoms with van der Waals surface area (Å²) in [5.41, 5.74) is 1.99. The number of H-pyrrole nitrogens is 1. The number of nitrogens with zero attached hydrogens (tertiary/aromatic N) is 1. The quantitative estimate of drug-likeness (QED) is 0.586. The van der Waals surface area contributed by atoms with Crippen LogP contribution in [0.5, 0.6) is 11.5 Å². The molecule has 0 atom stereocenters. The fourth-order valence-corrected chi connectivity index (χ4v) is 3.97. The molecule has 0 saturated carbocycles. The number of carbonyl (C=O) groups excluding carboxylic acids is 2. The Bertz CT molecular complexity index is 1180. The van der Waals surface area contributed by atoms with Crippen LogP contribution >= 0.6 is 15.9 Å². The Labute approximate surface area is 174 Å². The number of methoxy groups -OCH3 is 2. The summed E-state index contributed by atoms with van der Waals surface area (Å²) in [6, 6.07) is 9.41. The van der Waals surface area contributed by atoms with Crippen LogP contribution in [0.15, 0.2) is 47.1 Å². The molecular weight excluding hydrogens is 443 g/mol. The number of ether oxygens (including phenoxy) is 2. The van der Waals surface area contributed by atoms with E-state index in [1.165, 1.54) is 19.2 Å². The smallest absolute Gasteiger partial charge is 0.268 e.